The van der Waals surface area contributed by atoms with Gasteiger partial charge in [0.15, 0.2) is 5.75 Å². The number of ether oxygens (including phenoxy) is 1. The second-order valence-corrected chi connectivity index (χ2v) is 5.13. The second-order valence-electron chi connectivity index (χ2n) is 5.13. The third-order valence-electron chi connectivity index (χ3n) is 3.84. The lowest BCUT2D eigenvalue weighted by atomic mass is 10.0. The molecule has 0 saturated heterocycles. The van der Waals surface area contributed by atoms with E-state index in [1.54, 1.807) is 13.3 Å². The molecule has 1 heterocycles. The molecule has 0 aliphatic heterocycles. The first kappa shape index (κ1) is 15.6. The molecule has 0 radical (unpaired) electrons. The molecule has 0 aliphatic rings. The summed E-state index contributed by atoms with van der Waals surface area (Å²) in [6, 6.07) is 10.9. The molecule has 1 aromatic heterocycles. The van der Waals surface area contributed by atoms with Crippen molar-refractivity contribution in [2.75, 3.05) is 14.2 Å². The number of nitrogens with zero attached hydrogens (tertiary/aromatic N) is 2. The third kappa shape index (κ3) is 3.85. The van der Waals surface area contributed by atoms with Crippen LogP contribution < -0.4 is 10.1 Å². The van der Waals surface area contributed by atoms with Gasteiger partial charge in [0.2, 0.25) is 0 Å². The molecule has 0 aliphatic carbocycles. The lowest BCUT2D eigenvalue weighted by molar-refractivity contribution is 0.389. The zero-order chi connectivity index (χ0) is 15.1. The van der Waals surface area contributed by atoms with Crippen LogP contribution >= 0.6 is 0 Å². The molecule has 1 unspecified atom stereocenters. The predicted molar refractivity (Wildman–Crippen MR) is 85.6 cm³/mol. The van der Waals surface area contributed by atoms with Crippen molar-refractivity contribution >= 4 is 0 Å². The Balaban J connectivity index is 2.01. The summed E-state index contributed by atoms with van der Waals surface area (Å²) in [5.74, 6) is 0.871. The minimum absolute atomic E-state index is 0.270. The highest BCUT2D eigenvalue weighted by Gasteiger charge is 2.19. The number of benzene rings is 1. The van der Waals surface area contributed by atoms with Crippen molar-refractivity contribution < 1.29 is 4.74 Å². The van der Waals surface area contributed by atoms with Gasteiger partial charge in [0.05, 0.1) is 25.0 Å². The second kappa shape index (κ2) is 7.84. The average Bonchev–Trinajstić information content (AvgIpc) is 2.95. The van der Waals surface area contributed by atoms with Crippen LogP contribution in [0.5, 0.6) is 5.75 Å². The molecule has 1 N–H and O–H groups in total. The van der Waals surface area contributed by atoms with Crippen LogP contribution in [0.4, 0.5) is 0 Å². The predicted octanol–water partition coefficient (Wildman–Crippen LogP) is 3.20. The maximum atomic E-state index is 5.45. The molecule has 2 aromatic rings. The molecule has 1 aromatic carbocycles. The number of aromatic nitrogens is 2. The molecule has 21 heavy (non-hydrogen) atoms. The van der Waals surface area contributed by atoms with Crippen molar-refractivity contribution in [2.24, 2.45) is 0 Å². The highest BCUT2D eigenvalue weighted by atomic mass is 16.5. The van der Waals surface area contributed by atoms with Gasteiger partial charge in [-0.05, 0) is 38.8 Å². The van der Waals surface area contributed by atoms with E-state index in [1.165, 1.54) is 5.56 Å². The van der Waals surface area contributed by atoms with Gasteiger partial charge in [-0.15, -0.1) is 0 Å². The van der Waals surface area contributed by atoms with Crippen LogP contribution in [-0.4, -0.2) is 23.9 Å². The quantitative estimate of drug-likeness (QED) is 0.810. The van der Waals surface area contributed by atoms with E-state index in [0.29, 0.717) is 0 Å². The third-order valence-corrected chi connectivity index (χ3v) is 3.84. The Bertz CT molecular complexity index is 515. The van der Waals surface area contributed by atoms with Crippen LogP contribution in [0.15, 0.2) is 36.5 Å². The summed E-state index contributed by atoms with van der Waals surface area (Å²) < 4.78 is 7.47. The first-order valence-corrected chi connectivity index (χ1v) is 7.61. The summed E-state index contributed by atoms with van der Waals surface area (Å²) >= 11 is 0. The summed E-state index contributed by atoms with van der Waals surface area (Å²) in [5.41, 5.74) is 2.54. The van der Waals surface area contributed by atoms with Gasteiger partial charge in [0.25, 0.3) is 0 Å². The Morgan fingerprint density at radius 2 is 2.05 bits per heavy atom. The van der Waals surface area contributed by atoms with Crippen LogP contribution in [-0.2, 0) is 13.0 Å². The number of methoxy groups -OCH3 is 1. The largest absolute Gasteiger partial charge is 0.493 e. The van der Waals surface area contributed by atoms with E-state index in [1.807, 2.05) is 11.7 Å². The minimum atomic E-state index is 0.270. The lowest BCUT2D eigenvalue weighted by Gasteiger charge is -2.19. The van der Waals surface area contributed by atoms with Crippen LogP contribution in [0.25, 0.3) is 0 Å². The van der Waals surface area contributed by atoms with Gasteiger partial charge in [-0.2, -0.15) is 5.10 Å². The molecule has 0 amide bonds. The molecule has 4 nitrogen and oxygen atoms in total. The highest BCUT2D eigenvalue weighted by molar-refractivity contribution is 5.28. The molecular weight excluding hydrogens is 262 g/mol. The van der Waals surface area contributed by atoms with Crippen molar-refractivity contribution in [3.63, 3.8) is 0 Å². The Morgan fingerprint density at radius 1 is 1.29 bits per heavy atom. The topological polar surface area (TPSA) is 39.1 Å². The summed E-state index contributed by atoms with van der Waals surface area (Å²) in [5, 5.41) is 7.79. The van der Waals surface area contributed by atoms with Gasteiger partial charge < -0.3 is 10.1 Å². The molecule has 0 spiro atoms. The van der Waals surface area contributed by atoms with E-state index >= 15 is 0 Å². The number of nitrogens with one attached hydrogen (secondary N) is 1. The van der Waals surface area contributed by atoms with Crippen LogP contribution in [0.2, 0.25) is 0 Å². The standard InChI is InChI=1S/C17H25N3O/c1-4-20-17(16(21-3)13-19-20)15(18-2)12-8-11-14-9-6-5-7-10-14/h5-7,9-10,13,15,18H,4,8,11-12H2,1-3H3. The zero-order valence-electron chi connectivity index (χ0n) is 13.2. The Morgan fingerprint density at radius 3 is 2.67 bits per heavy atom. The number of rotatable bonds is 8. The average molecular weight is 287 g/mol. The number of hydrogen-bond acceptors (Lipinski definition) is 3. The van der Waals surface area contributed by atoms with Gasteiger partial charge in [-0.1, -0.05) is 30.3 Å². The van der Waals surface area contributed by atoms with Crippen molar-refractivity contribution in [3.8, 4) is 5.75 Å². The van der Waals surface area contributed by atoms with Crippen LogP contribution in [0.3, 0.4) is 0 Å². The fraction of sp³-hybridized carbons (Fsp3) is 0.471. The van der Waals surface area contributed by atoms with Gasteiger partial charge in [0.1, 0.15) is 0 Å². The maximum Gasteiger partial charge on any atom is 0.161 e. The molecule has 4 heteroatoms. The Labute approximate surface area is 127 Å². The molecular formula is C17H25N3O. The van der Waals surface area contributed by atoms with E-state index in [-0.39, 0.29) is 6.04 Å². The molecule has 0 bridgehead atoms. The maximum absolute atomic E-state index is 5.45. The first-order chi connectivity index (χ1) is 10.3. The molecule has 0 fully saturated rings. The van der Waals surface area contributed by atoms with Crippen molar-refractivity contribution in [1.29, 1.82) is 0 Å². The summed E-state index contributed by atoms with van der Waals surface area (Å²) in [6.45, 7) is 2.96. The van der Waals surface area contributed by atoms with Crippen molar-refractivity contribution in [1.82, 2.24) is 15.1 Å². The lowest BCUT2D eigenvalue weighted by Crippen LogP contribution is -2.21. The Kier molecular flexibility index (Phi) is 5.81. The fourth-order valence-corrected chi connectivity index (χ4v) is 2.71. The normalized spacial score (nSPS) is 12.3. The van der Waals surface area contributed by atoms with E-state index in [4.69, 9.17) is 4.74 Å². The van der Waals surface area contributed by atoms with Crippen LogP contribution in [0.1, 0.15) is 37.1 Å². The van der Waals surface area contributed by atoms with Crippen molar-refractivity contribution in [3.05, 3.63) is 47.8 Å². The van der Waals surface area contributed by atoms with Gasteiger partial charge in [0, 0.05) is 6.54 Å². The molecule has 1 atom stereocenters. The highest BCUT2D eigenvalue weighted by Crippen LogP contribution is 2.28. The molecule has 0 saturated carbocycles. The smallest absolute Gasteiger partial charge is 0.161 e. The van der Waals surface area contributed by atoms with E-state index in [2.05, 4.69) is 47.7 Å². The SMILES string of the molecule is CCn1ncc(OC)c1C(CCCc1ccccc1)NC. The monoisotopic (exact) mass is 287 g/mol. The first-order valence-electron chi connectivity index (χ1n) is 7.61. The fourth-order valence-electron chi connectivity index (χ4n) is 2.71. The van der Waals surface area contributed by atoms with Gasteiger partial charge in [-0.3, -0.25) is 4.68 Å². The molecule has 114 valence electrons. The zero-order valence-corrected chi connectivity index (χ0v) is 13.2. The van der Waals surface area contributed by atoms with Gasteiger partial charge in [-0.25, -0.2) is 0 Å². The van der Waals surface area contributed by atoms with E-state index in [0.717, 1.165) is 37.3 Å². The van der Waals surface area contributed by atoms with Crippen molar-refractivity contribution in [2.45, 2.75) is 38.8 Å². The summed E-state index contributed by atoms with van der Waals surface area (Å²) in [6.07, 6.45) is 5.10. The van der Waals surface area contributed by atoms with E-state index in [9.17, 15) is 0 Å². The van der Waals surface area contributed by atoms with Gasteiger partial charge >= 0.3 is 0 Å². The Hall–Kier alpha value is -1.81. The number of hydrogen-bond donors (Lipinski definition) is 1. The van der Waals surface area contributed by atoms with Crippen LogP contribution in [0, 0.1) is 0 Å². The molecule has 2 rings (SSSR count). The minimum Gasteiger partial charge on any atom is -0.493 e. The summed E-state index contributed by atoms with van der Waals surface area (Å²) in [4.78, 5) is 0. The number of aryl methyl sites for hydroxylation is 2. The van der Waals surface area contributed by atoms with E-state index < -0.39 is 0 Å². The summed E-state index contributed by atoms with van der Waals surface area (Å²) in [7, 11) is 3.71.